The Morgan fingerprint density at radius 2 is 1.84 bits per heavy atom. The molecule has 9 heteroatoms. The number of carbonyl (C=O) groups is 1. The van der Waals surface area contributed by atoms with Crippen LogP contribution in [0.5, 0.6) is 11.5 Å². The molecule has 2 aromatic carbocycles. The number of amides is 1. The Hall–Kier alpha value is -3.00. The van der Waals surface area contributed by atoms with Gasteiger partial charge in [0.15, 0.2) is 22.4 Å². The largest absolute Gasteiger partial charge is 0.493 e. The summed E-state index contributed by atoms with van der Waals surface area (Å²) in [6, 6.07) is 13.8. The standard InChI is InChI=1S/C22H16Cl2N2O4S/c1-28-18-6-3-12(9-20(18)29-2)16-11-31-22(25-16)26-21(27)19-8-7-17(30-19)14-5-4-13(23)10-15(14)24/h3-11H,1-2H3,(H,25,26,27). The first-order valence-electron chi connectivity index (χ1n) is 9.03. The van der Waals surface area contributed by atoms with E-state index in [0.717, 1.165) is 5.56 Å². The number of nitrogens with zero attached hydrogens (tertiary/aromatic N) is 1. The number of aromatic nitrogens is 1. The van der Waals surface area contributed by atoms with Crippen molar-refractivity contribution in [3.8, 4) is 34.1 Å². The molecule has 6 nitrogen and oxygen atoms in total. The molecule has 0 spiro atoms. The molecule has 4 aromatic rings. The van der Waals surface area contributed by atoms with Crippen LogP contribution in [-0.4, -0.2) is 25.1 Å². The van der Waals surface area contributed by atoms with Gasteiger partial charge >= 0.3 is 0 Å². The summed E-state index contributed by atoms with van der Waals surface area (Å²) >= 11 is 13.5. The number of anilines is 1. The van der Waals surface area contributed by atoms with E-state index in [-0.39, 0.29) is 5.76 Å². The van der Waals surface area contributed by atoms with Crippen LogP contribution in [0.3, 0.4) is 0 Å². The van der Waals surface area contributed by atoms with Gasteiger partial charge in [-0.2, -0.15) is 0 Å². The van der Waals surface area contributed by atoms with E-state index < -0.39 is 5.91 Å². The van der Waals surface area contributed by atoms with Crippen molar-refractivity contribution in [2.45, 2.75) is 0 Å². The molecule has 1 amide bonds. The highest BCUT2D eigenvalue weighted by Gasteiger charge is 2.16. The second-order valence-electron chi connectivity index (χ2n) is 6.35. The van der Waals surface area contributed by atoms with Crippen LogP contribution in [0, 0.1) is 0 Å². The van der Waals surface area contributed by atoms with E-state index in [4.69, 9.17) is 37.1 Å². The summed E-state index contributed by atoms with van der Waals surface area (Å²) in [7, 11) is 3.15. The van der Waals surface area contributed by atoms with Crippen LogP contribution in [-0.2, 0) is 0 Å². The lowest BCUT2D eigenvalue weighted by molar-refractivity contribution is 0.0997. The minimum atomic E-state index is -0.412. The summed E-state index contributed by atoms with van der Waals surface area (Å²) in [5.74, 6) is 1.43. The van der Waals surface area contributed by atoms with Crippen molar-refractivity contribution in [1.29, 1.82) is 0 Å². The fourth-order valence-corrected chi connectivity index (χ4v) is 4.13. The van der Waals surface area contributed by atoms with Gasteiger partial charge < -0.3 is 13.9 Å². The number of halogens is 2. The first-order chi connectivity index (χ1) is 15.0. The summed E-state index contributed by atoms with van der Waals surface area (Å²) in [5.41, 5.74) is 2.19. The average Bonchev–Trinajstić information content (AvgIpc) is 3.43. The zero-order valence-corrected chi connectivity index (χ0v) is 18.8. The topological polar surface area (TPSA) is 73.6 Å². The van der Waals surface area contributed by atoms with Crippen LogP contribution in [0.25, 0.3) is 22.6 Å². The number of furan rings is 1. The first kappa shape index (κ1) is 21.2. The molecule has 0 radical (unpaired) electrons. The van der Waals surface area contributed by atoms with Crippen molar-refractivity contribution in [2.75, 3.05) is 19.5 Å². The number of ether oxygens (including phenoxy) is 2. The van der Waals surface area contributed by atoms with E-state index in [1.54, 1.807) is 50.6 Å². The second-order valence-corrected chi connectivity index (χ2v) is 8.05. The Morgan fingerprint density at radius 3 is 2.58 bits per heavy atom. The fourth-order valence-electron chi connectivity index (χ4n) is 2.91. The van der Waals surface area contributed by atoms with Gasteiger partial charge in [-0.25, -0.2) is 4.98 Å². The summed E-state index contributed by atoms with van der Waals surface area (Å²) < 4.78 is 16.3. The number of hydrogen-bond acceptors (Lipinski definition) is 6. The van der Waals surface area contributed by atoms with Gasteiger partial charge in [0.2, 0.25) is 0 Å². The highest BCUT2D eigenvalue weighted by molar-refractivity contribution is 7.14. The Kier molecular flexibility index (Phi) is 6.18. The minimum Gasteiger partial charge on any atom is -0.493 e. The highest BCUT2D eigenvalue weighted by atomic mass is 35.5. The molecule has 2 aromatic heterocycles. The molecule has 0 aliphatic heterocycles. The third kappa shape index (κ3) is 4.54. The summed E-state index contributed by atoms with van der Waals surface area (Å²) in [5, 5.41) is 6.00. The van der Waals surface area contributed by atoms with Crippen molar-refractivity contribution in [3.05, 3.63) is 69.7 Å². The van der Waals surface area contributed by atoms with Crippen LogP contribution in [0.1, 0.15) is 10.6 Å². The number of carbonyl (C=O) groups excluding carboxylic acids is 1. The molecule has 0 aliphatic carbocycles. The van der Waals surface area contributed by atoms with Gasteiger partial charge in [0, 0.05) is 21.5 Å². The van der Waals surface area contributed by atoms with Crippen LogP contribution < -0.4 is 14.8 Å². The molecule has 1 N–H and O–H groups in total. The third-order valence-corrected chi connectivity index (χ3v) is 5.74. The molecule has 0 saturated carbocycles. The third-order valence-electron chi connectivity index (χ3n) is 4.43. The molecule has 0 fully saturated rings. The van der Waals surface area contributed by atoms with Crippen molar-refractivity contribution in [3.63, 3.8) is 0 Å². The molecule has 0 atom stereocenters. The van der Waals surface area contributed by atoms with Crippen molar-refractivity contribution in [2.24, 2.45) is 0 Å². The molecular formula is C22H16Cl2N2O4S. The van der Waals surface area contributed by atoms with E-state index in [9.17, 15) is 4.79 Å². The lowest BCUT2D eigenvalue weighted by Crippen LogP contribution is -2.10. The van der Waals surface area contributed by atoms with Gasteiger partial charge in [-0.1, -0.05) is 23.2 Å². The zero-order chi connectivity index (χ0) is 22.0. The van der Waals surface area contributed by atoms with Crippen molar-refractivity contribution >= 4 is 45.6 Å². The molecular weight excluding hydrogens is 459 g/mol. The Labute approximate surface area is 192 Å². The molecule has 0 bridgehead atoms. The molecule has 31 heavy (non-hydrogen) atoms. The second kappa shape index (κ2) is 9.01. The first-order valence-corrected chi connectivity index (χ1v) is 10.7. The number of thiazole rings is 1. The molecule has 0 aliphatic rings. The van der Waals surface area contributed by atoms with Gasteiger partial charge in [0.25, 0.3) is 5.91 Å². The van der Waals surface area contributed by atoms with Gasteiger partial charge in [-0.15, -0.1) is 11.3 Å². The Bertz CT molecular complexity index is 1250. The predicted molar refractivity (Wildman–Crippen MR) is 123 cm³/mol. The lowest BCUT2D eigenvalue weighted by atomic mass is 10.1. The SMILES string of the molecule is COc1ccc(-c2csc(NC(=O)c3ccc(-c4ccc(Cl)cc4Cl)o3)n2)cc1OC. The Balaban J connectivity index is 1.50. The summed E-state index contributed by atoms with van der Waals surface area (Å²) in [4.78, 5) is 17.1. The van der Waals surface area contributed by atoms with E-state index in [0.29, 0.717) is 43.7 Å². The lowest BCUT2D eigenvalue weighted by Gasteiger charge is -2.08. The van der Waals surface area contributed by atoms with Gasteiger partial charge in [0.1, 0.15) is 5.76 Å². The molecule has 0 unspecified atom stereocenters. The van der Waals surface area contributed by atoms with E-state index in [1.807, 2.05) is 17.5 Å². The number of nitrogens with one attached hydrogen (secondary N) is 1. The zero-order valence-electron chi connectivity index (χ0n) is 16.4. The van der Waals surface area contributed by atoms with Crippen LogP contribution in [0.4, 0.5) is 5.13 Å². The number of rotatable bonds is 6. The van der Waals surface area contributed by atoms with E-state index in [2.05, 4.69) is 10.3 Å². The quantitative estimate of drug-likeness (QED) is 0.338. The summed E-state index contributed by atoms with van der Waals surface area (Å²) in [6.07, 6.45) is 0. The van der Waals surface area contributed by atoms with Gasteiger partial charge in [0.05, 0.1) is 24.9 Å². The molecule has 2 heterocycles. The van der Waals surface area contributed by atoms with Gasteiger partial charge in [-0.3, -0.25) is 10.1 Å². The maximum atomic E-state index is 12.6. The van der Waals surface area contributed by atoms with Crippen LogP contribution >= 0.6 is 34.5 Å². The average molecular weight is 475 g/mol. The number of hydrogen-bond donors (Lipinski definition) is 1. The minimum absolute atomic E-state index is 0.142. The predicted octanol–water partition coefficient (Wildman–Crippen LogP) is 6.65. The number of benzene rings is 2. The van der Waals surface area contributed by atoms with E-state index >= 15 is 0 Å². The monoisotopic (exact) mass is 474 g/mol. The smallest absolute Gasteiger partial charge is 0.293 e. The van der Waals surface area contributed by atoms with Crippen LogP contribution in [0.15, 0.2) is 58.3 Å². The summed E-state index contributed by atoms with van der Waals surface area (Å²) in [6.45, 7) is 0. The fraction of sp³-hybridized carbons (Fsp3) is 0.0909. The van der Waals surface area contributed by atoms with Crippen LogP contribution in [0.2, 0.25) is 10.0 Å². The van der Waals surface area contributed by atoms with E-state index in [1.165, 1.54) is 11.3 Å². The van der Waals surface area contributed by atoms with Crippen molar-refractivity contribution in [1.82, 2.24) is 4.98 Å². The number of methoxy groups -OCH3 is 2. The maximum absolute atomic E-state index is 12.6. The highest BCUT2D eigenvalue weighted by Crippen LogP contribution is 2.34. The molecule has 158 valence electrons. The van der Waals surface area contributed by atoms with Gasteiger partial charge in [-0.05, 0) is 48.5 Å². The Morgan fingerprint density at radius 1 is 1.03 bits per heavy atom. The van der Waals surface area contributed by atoms with Crippen molar-refractivity contribution < 1.29 is 18.7 Å². The normalized spacial score (nSPS) is 10.7. The maximum Gasteiger partial charge on any atom is 0.293 e. The molecule has 0 saturated heterocycles. The molecule has 4 rings (SSSR count).